The highest BCUT2D eigenvalue weighted by Crippen LogP contribution is 2.42. The number of anilines is 2. The van der Waals surface area contributed by atoms with Crippen molar-refractivity contribution in [2.24, 2.45) is 20.6 Å². The normalized spacial score (nSPS) is 16.2. The first-order chi connectivity index (χ1) is 57.4. The van der Waals surface area contributed by atoms with Crippen LogP contribution in [0.2, 0.25) is 15.1 Å². The van der Waals surface area contributed by atoms with E-state index in [-0.39, 0.29) is 104 Å². The molecule has 0 aliphatic carbocycles. The van der Waals surface area contributed by atoms with Crippen LogP contribution in [-0.4, -0.2) is 176 Å². The van der Waals surface area contributed by atoms with Crippen molar-refractivity contribution in [1.82, 2.24) is 29.6 Å². The summed E-state index contributed by atoms with van der Waals surface area (Å²) in [6.45, 7) is 2.24. The molecule has 22 nitrogen and oxygen atoms in total. The zero-order valence-electron chi connectivity index (χ0n) is 63.2. The number of aromatic nitrogens is 2. The van der Waals surface area contributed by atoms with Crippen molar-refractivity contribution in [3.63, 3.8) is 0 Å². The van der Waals surface area contributed by atoms with E-state index in [4.69, 9.17) is 39.5 Å². The lowest BCUT2D eigenvalue weighted by Crippen LogP contribution is -2.53. The molecule has 7 heterocycles. The second kappa shape index (κ2) is 39.1. The quantitative estimate of drug-likeness (QED) is 0.0234. The number of ether oxygens (including phenoxy) is 2. The highest BCUT2D eigenvalue weighted by atomic mass is 35.5. The minimum Gasteiger partial charge on any atom is -0.465 e. The summed E-state index contributed by atoms with van der Waals surface area (Å²) in [4.78, 5) is 65.0. The van der Waals surface area contributed by atoms with Crippen LogP contribution in [0.5, 0.6) is 0 Å². The highest BCUT2D eigenvalue weighted by Gasteiger charge is 2.44. The monoisotopic (exact) mass is 1770 g/mol. The summed E-state index contributed by atoms with van der Waals surface area (Å²) in [5.74, 6) is -8.72. The molecule has 642 valence electrons. The number of nitrogens with zero attached hydrogens (tertiary/aromatic N) is 12. The van der Waals surface area contributed by atoms with Crippen molar-refractivity contribution in [2.45, 2.75) is 82.1 Å². The van der Waals surface area contributed by atoms with Crippen molar-refractivity contribution in [3.05, 3.63) is 263 Å². The van der Waals surface area contributed by atoms with Gasteiger partial charge in [0.25, 0.3) is 0 Å². The van der Waals surface area contributed by atoms with Gasteiger partial charge in [0.05, 0.1) is 98.1 Å². The smallest absolute Gasteiger partial charge is 0.417 e. The molecule has 13 rings (SSSR count). The first kappa shape index (κ1) is 91.4. The fourth-order valence-corrected chi connectivity index (χ4v) is 15.1. The summed E-state index contributed by atoms with van der Waals surface area (Å²) in [6.07, 6.45) is -12.5. The second-order valence-corrected chi connectivity index (χ2v) is 28.3. The predicted molar refractivity (Wildman–Crippen MR) is 410 cm³/mol. The number of amides is 2. The van der Waals surface area contributed by atoms with E-state index in [0.29, 0.717) is 55.3 Å². The number of fused-ring (bicyclic) bond motifs is 1. The van der Waals surface area contributed by atoms with Gasteiger partial charge >= 0.3 is 36.6 Å². The number of amidine groups is 4. The van der Waals surface area contributed by atoms with Crippen LogP contribution in [0.3, 0.4) is 0 Å². The van der Waals surface area contributed by atoms with Crippen LogP contribution in [0.1, 0.15) is 127 Å². The molecule has 0 atom stereocenters. The van der Waals surface area contributed by atoms with Crippen LogP contribution in [0.4, 0.5) is 81.8 Å². The molecule has 4 N–H and O–H groups in total. The Balaban J connectivity index is 0.000000170. The Hall–Kier alpha value is -11.9. The van der Waals surface area contributed by atoms with Crippen molar-refractivity contribution in [1.29, 1.82) is 0 Å². The third-order valence-corrected chi connectivity index (χ3v) is 20.8. The molecule has 2 amide bonds. The number of esters is 2. The van der Waals surface area contributed by atoms with Gasteiger partial charge in [0, 0.05) is 87.4 Å². The molecule has 0 bridgehead atoms. The number of likely N-dealkylation sites (tertiary alicyclic amines) is 2. The van der Waals surface area contributed by atoms with Crippen molar-refractivity contribution in [3.8, 4) is 0 Å². The lowest BCUT2D eigenvalue weighted by molar-refractivity contribution is -0.138. The van der Waals surface area contributed by atoms with E-state index < -0.39 is 140 Å². The summed E-state index contributed by atoms with van der Waals surface area (Å²) in [5, 5.41) is 50.2. The van der Waals surface area contributed by atoms with Gasteiger partial charge in [-0.05, 0) is 129 Å². The third kappa shape index (κ3) is 21.1. The number of benzene rings is 6. The number of para-hydroxylation sites is 1. The maximum atomic E-state index is 14.3. The van der Waals surface area contributed by atoms with E-state index in [0.717, 1.165) is 98.9 Å². The predicted octanol–water partition coefficient (Wildman–Crippen LogP) is 17.7. The van der Waals surface area contributed by atoms with Crippen LogP contribution in [-0.2, 0) is 50.2 Å². The van der Waals surface area contributed by atoms with Gasteiger partial charge in [-0.1, -0.05) is 122 Å². The molecule has 41 heteroatoms. The average Bonchev–Trinajstić information content (AvgIpc) is 1.58. The number of carbonyl (C=O) groups excluding carboxylic acids is 4. The van der Waals surface area contributed by atoms with Gasteiger partial charge in [0.15, 0.2) is 29.2 Å². The first-order valence-electron chi connectivity index (χ1n) is 36.4. The van der Waals surface area contributed by atoms with Crippen molar-refractivity contribution < 1.29 is 120 Å². The number of hydrogen-bond donors (Lipinski definition) is 4. The van der Waals surface area contributed by atoms with Gasteiger partial charge in [0.2, 0.25) is 11.8 Å². The fraction of sp³-hybridized carbons (Fsp3) is 0.300. The second-order valence-electron chi connectivity index (χ2n) is 27.1. The molecule has 3 fully saturated rings. The molecule has 5 aliphatic heterocycles. The lowest BCUT2D eigenvalue weighted by Gasteiger charge is -2.38. The Labute approximate surface area is 693 Å². The highest BCUT2D eigenvalue weighted by molar-refractivity contribution is 6.34. The zero-order valence-corrected chi connectivity index (χ0v) is 65.5. The Bertz CT molecular complexity index is 5310. The molecule has 6 aromatic carbocycles. The topological polar surface area (TPSA) is 262 Å². The van der Waals surface area contributed by atoms with Crippen LogP contribution in [0, 0.1) is 23.3 Å². The number of alkyl halides is 12. The largest absolute Gasteiger partial charge is 0.465 e. The van der Waals surface area contributed by atoms with E-state index in [9.17, 15) is 110 Å². The molecule has 0 spiro atoms. The Kier molecular flexibility index (Phi) is 29.5. The first-order valence-corrected chi connectivity index (χ1v) is 37.6. The molecule has 3 saturated heterocycles. The van der Waals surface area contributed by atoms with Crippen LogP contribution in [0.25, 0.3) is 5.57 Å². The molecule has 0 saturated carbocycles. The number of oxime groups is 4. The summed E-state index contributed by atoms with van der Waals surface area (Å²) in [5.41, 5.74) is -3.86. The van der Waals surface area contributed by atoms with Crippen LogP contribution >= 0.6 is 34.8 Å². The minimum atomic E-state index is -4.92. The molecule has 5 aliphatic rings. The zero-order chi connectivity index (χ0) is 88.2. The van der Waals surface area contributed by atoms with E-state index in [1.165, 1.54) is 46.3 Å². The van der Waals surface area contributed by atoms with Gasteiger partial charge in [0.1, 0.15) is 23.3 Å². The lowest BCUT2D eigenvalue weighted by atomic mass is 9.92. The van der Waals surface area contributed by atoms with Gasteiger partial charge in [-0.25, -0.2) is 32.1 Å². The van der Waals surface area contributed by atoms with Gasteiger partial charge < -0.3 is 54.8 Å². The average molecular weight is 1770 g/mol. The number of hydrogen-bond acceptors (Lipinski definition) is 16. The Morgan fingerprint density at radius 3 is 1.36 bits per heavy atom. The molecule has 2 aromatic heterocycles. The molecular formula is C80H69Cl3F16N12O10. The SMILES string of the molecule is CCOC(=O)c1cnc(N2CCN(C(=NO)c3c(F)cccc3C(F)(F)F)CC2=O)c(Cl)c1.COC(=O)c1cnc(C2CCN(C(=NO)c3c(F)cccc3C(F)(F)F)CC2)c(Cl)c1.O=C1Cc2ccccc2N1C1CCN(C(=NO)c2c(F)cccc2C(F)(F)F)CC1.ON=C(c1c(F)cccc1C(F)(F)F)N1CC=C(c2ccccc2Cl)CC1. The number of piperidine rings is 2. The van der Waals surface area contributed by atoms with Gasteiger partial charge in [-0.15, -0.1) is 0 Å². The molecule has 8 aromatic rings. The summed E-state index contributed by atoms with van der Waals surface area (Å²) >= 11 is 18.6. The number of rotatable bonds is 11. The summed E-state index contributed by atoms with van der Waals surface area (Å²) in [7, 11) is 1.24. The van der Waals surface area contributed by atoms with E-state index in [2.05, 4.69) is 35.3 Å². The van der Waals surface area contributed by atoms with E-state index in [1.54, 1.807) is 30.0 Å². The number of piperazine rings is 1. The van der Waals surface area contributed by atoms with E-state index in [1.807, 2.05) is 36.4 Å². The Morgan fingerprint density at radius 2 is 0.934 bits per heavy atom. The van der Waals surface area contributed by atoms with Crippen LogP contribution < -0.4 is 9.80 Å². The van der Waals surface area contributed by atoms with Gasteiger partial charge in [-0.2, -0.15) is 52.7 Å². The third-order valence-electron chi connectivity index (χ3n) is 19.8. The summed E-state index contributed by atoms with van der Waals surface area (Å²) in [6, 6.07) is 27.5. The molecule has 0 unspecified atom stereocenters. The molecule has 121 heavy (non-hydrogen) atoms. The van der Waals surface area contributed by atoms with Crippen LogP contribution in [0.15, 0.2) is 173 Å². The van der Waals surface area contributed by atoms with E-state index >= 15 is 0 Å². The number of methoxy groups -OCH3 is 1. The summed E-state index contributed by atoms with van der Waals surface area (Å²) < 4.78 is 227. The Morgan fingerprint density at radius 1 is 0.496 bits per heavy atom. The standard InChI is InChI=1S/C21H19F4N3O2.C20H17ClF4N4O4.C20H18ClF4N3O3.C19H15ClF4N2O/c22-16-6-3-5-15(21(23,24)25)19(16)20(26-30)27-10-8-14(9-11-27)28-17-7-2-1-4-13(17)12-18(28)29;1-2-33-19(31)11-8-13(21)17(26-9-11)29-7-6-28(10-15(29)30)18(27-32)16-12(20(23,24)25)4-3-5-14(16)22;1-31-19(29)12-9-14(21)17(26-10-12)11-5-7-28(8-6-11)18(27-30)16-13(20(23,24)25)3-2-4-15(16)22;20-15-6-2-1-4-13(15)12-8-10-26(11-9-12)18(25-27)17-14(19(22,23)24)5-3-7-16(17)21/h1-7,14,30H,8-12H2;3-5,8-9,32H,2,6-7,10H2,1H3;2-4,9-11,30H,5-8H2,1H3;1-8,27H,9-11H2. The maximum Gasteiger partial charge on any atom is 0.417 e. The molecule has 0 radical (unpaired) electrons. The maximum absolute atomic E-state index is 14.3. The minimum absolute atomic E-state index is 0.0147. The molecular weight excluding hydrogens is 1700 g/mol. The van der Waals surface area contributed by atoms with Crippen molar-refractivity contribution >= 4 is 99.0 Å². The number of pyridine rings is 2. The van der Waals surface area contributed by atoms with Crippen molar-refractivity contribution in [2.75, 3.05) is 82.4 Å². The number of carbonyl (C=O) groups is 4. The fourth-order valence-electron chi connectivity index (χ4n) is 14.3. The number of halogens is 19. The van der Waals surface area contributed by atoms with Gasteiger partial charge in [-0.3, -0.25) is 19.5 Å².